The fourth-order valence-electron chi connectivity index (χ4n) is 5.49. The zero-order valence-corrected chi connectivity index (χ0v) is 18.7. The third-order valence-electron chi connectivity index (χ3n) is 7.21. The lowest BCUT2D eigenvalue weighted by molar-refractivity contribution is -0.00126. The van der Waals surface area contributed by atoms with Gasteiger partial charge in [-0.2, -0.15) is 0 Å². The Morgan fingerprint density at radius 1 is 1.20 bits per heavy atom. The molecule has 6 nitrogen and oxygen atoms in total. The predicted octanol–water partition coefficient (Wildman–Crippen LogP) is 3.90. The number of thiophene rings is 1. The first-order chi connectivity index (χ1) is 14.7. The molecule has 2 fully saturated rings. The van der Waals surface area contributed by atoms with Crippen LogP contribution in [0, 0.1) is 0 Å². The number of nitrogens with zero attached hydrogens (tertiary/aromatic N) is 3. The van der Waals surface area contributed by atoms with Crippen molar-refractivity contribution in [1.82, 2.24) is 14.9 Å². The topological polar surface area (TPSA) is 67.7 Å². The lowest BCUT2D eigenvalue weighted by Crippen LogP contribution is -2.46. The third kappa shape index (κ3) is 4.09. The number of rotatable bonds is 6. The molecule has 1 aliphatic heterocycles. The number of morpholine rings is 1. The molecule has 0 spiro atoms. The molecule has 0 amide bonds. The van der Waals surface area contributed by atoms with Gasteiger partial charge in [0.05, 0.1) is 24.7 Å². The molecular formula is C23H33N3O3S. The normalized spacial score (nSPS) is 28.5. The average molecular weight is 432 g/mol. The van der Waals surface area contributed by atoms with E-state index in [2.05, 4.69) is 21.8 Å². The molecule has 164 valence electrons. The fourth-order valence-corrected chi connectivity index (χ4v) is 6.72. The molecular weight excluding hydrogens is 398 g/mol. The molecule has 30 heavy (non-hydrogen) atoms. The molecule has 1 saturated heterocycles. The molecule has 2 aromatic heterocycles. The monoisotopic (exact) mass is 431 g/mol. The lowest BCUT2D eigenvalue weighted by Gasteiger charge is -2.38. The summed E-state index contributed by atoms with van der Waals surface area (Å²) in [5.41, 5.74) is 1.36. The summed E-state index contributed by atoms with van der Waals surface area (Å²) in [7, 11) is 0. The Morgan fingerprint density at radius 2 is 2.00 bits per heavy atom. The van der Waals surface area contributed by atoms with E-state index in [0.717, 1.165) is 80.9 Å². The van der Waals surface area contributed by atoms with E-state index in [9.17, 15) is 5.11 Å². The van der Waals surface area contributed by atoms with Crippen molar-refractivity contribution in [2.24, 2.45) is 0 Å². The summed E-state index contributed by atoms with van der Waals surface area (Å²) >= 11 is 1.79. The molecule has 2 aliphatic carbocycles. The highest BCUT2D eigenvalue weighted by Crippen LogP contribution is 2.48. The van der Waals surface area contributed by atoms with Crippen molar-refractivity contribution in [2.45, 2.75) is 82.5 Å². The summed E-state index contributed by atoms with van der Waals surface area (Å²) in [6.45, 7) is 5.92. The summed E-state index contributed by atoms with van der Waals surface area (Å²) in [6, 6.07) is 0.671. The van der Waals surface area contributed by atoms with Gasteiger partial charge in [0.1, 0.15) is 17.3 Å². The number of aryl methyl sites for hydroxylation is 1. The maximum Gasteiger partial charge on any atom is 0.225 e. The van der Waals surface area contributed by atoms with E-state index < -0.39 is 0 Å². The van der Waals surface area contributed by atoms with Gasteiger partial charge in [0, 0.05) is 24.0 Å². The standard InChI is InChI=1S/C23H33N3O3S/c1-2-17(27)13-15-3-8-19-20(15)21-22(24-14-25-23(21)30-19)29-18-6-4-16(5-7-18)26-9-11-28-12-10-26/h14-18,27H,2-13H2,1H3. The van der Waals surface area contributed by atoms with Gasteiger partial charge in [-0.25, -0.2) is 9.97 Å². The van der Waals surface area contributed by atoms with Crippen LogP contribution in [0.15, 0.2) is 6.33 Å². The summed E-state index contributed by atoms with van der Waals surface area (Å²) < 4.78 is 12.0. The Hall–Kier alpha value is -1.28. The van der Waals surface area contributed by atoms with Crippen molar-refractivity contribution in [3.63, 3.8) is 0 Å². The van der Waals surface area contributed by atoms with Crippen LogP contribution in [0.4, 0.5) is 0 Å². The number of hydrogen-bond acceptors (Lipinski definition) is 7. The minimum Gasteiger partial charge on any atom is -0.474 e. The first-order valence-electron chi connectivity index (χ1n) is 11.7. The second kappa shape index (κ2) is 9.07. The summed E-state index contributed by atoms with van der Waals surface area (Å²) in [6.07, 6.45) is 10.0. The van der Waals surface area contributed by atoms with Crippen LogP contribution < -0.4 is 4.74 Å². The van der Waals surface area contributed by atoms with E-state index in [1.807, 2.05) is 0 Å². The molecule has 1 saturated carbocycles. The molecule has 2 unspecified atom stereocenters. The van der Waals surface area contributed by atoms with Crippen LogP contribution in [0.2, 0.25) is 0 Å². The minimum atomic E-state index is -0.236. The molecule has 3 aliphatic rings. The minimum absolute atomic E-state index is 0.233. The van der Waals surface area contributed by atoms with E-state index in [0.29, 0.717) is 12.0 Å². The fraction of sp³-hybridized carbons (Fsp3) is 0.739. The molecule has 3 heterocycles. The van der Waals surface area contributed by atoms with E-state index in [1.54, 1.807) is 17.7 Å². The van der Waals surface area contributed by atoms with E-state index in [-0.39, 0.29) is 12.2 Å². The molecule has 0 radical (unpaired) electrons. The maximum atomic E-state index is 10.2. The number of ether oxygens (including phenoxy) is 2. The highest BCUT2D eigenvalue weighted by molar-refractivity contribution is 7.19. The Kier molecular flexibility index (Phi) is 6.23. The van der Waals surface area contributed by atoms with Crippen molar-refractivity contribution in [3.8, 4) is 5.88 Å². The number of aliphatic hydroxyl groups is 1. The van der Waals surface area contributed by atoms with Gasteiger partial charge >= 0.3 is 0 Å². The van der Waals surface area contributed by atoms with Gasteiger partial charge in [-0.3, -0.25) is 4.90 Å². The van der Waals surface area contributed by atoms with E-state index >= 15 is 0 Å². The molecule has 1 N–H and O–H groups in total. The van der Waals surface area contributed by atoms with Gasteiger partial charge < -0.3 is 14.6 Å². The predicted molar refractivity (Wildman–Crippen MR) is 118 cm³/mol. The molecule has 0 aromatic carbocycles. The van der Waals surface area contributed by atoms with Crippen molar-refractivity contribution in [3.05, 3.63) is 16.8 Å². The quantitative estimate of drug-likeness (QED) is 0.748. The van der Waals surface area contributed by atoms with Crippen molar-refractivity contribution in [2.75, 3.05) is 26.3 Å². The highest BCUT2D eigenvalue weighted by atomic mass is 32.1. The van der Waals surface area contributed by atoms with Gasteiger partial charge in [0.15, 0.2) is 0 Å². The summed E-state index contributed by atoms with van der Waals surface area (Å²) in [5, 5.41) is 11.4. The summed E-state index contributed by atoms with van der Waals surface area (Å²) in [4.78, 5) is 14.2. The molecule has 2 aromatic rings. The van der Waals surface area contributed by atoms with Gasteiger partial charge in [0.25, 0.3) is 0 Å². The number of hydrogen-bond donors (Lipinski definition) is 1. The van der Waals surface area contributed by atoms with Crippen LogP contribution in [0.5, 0.6) is 5.88 Å². The van der Waals surface area contributed by atoms with Crippen molar-refractivity contribution >= 4 is 21.6 Å². The van der Waals surface area contributed by atoms with Crippen LogP contribution in [0.1, 0.15) is 68.2 Å². The SMILES string of the molecule is CCC(O)CC1CCc2sc3ncnc(OC4CCC(N5CCOCC5)CC4)c3c21. The first kappa shape index (κ1) is 20.6. The molecule has 7 heteroatoms. The zero-order valence-electron chi connectivity index (χ0n) is 17.9. The number of aromatic nitrogens is 2. The lowest BCUT2D eigenvalue weighted by atomic mass is 9.91. The molecule has 2 atom stereocenters. The largest absolute Gasteiger partial charge is 0.474 e. The van der Waals surface area contributed by atoms with Crippen molar-refractivity contribution < 1.29 is 14.6 Å². The third-order valence-corrected chi connectivity index (χ3v) is 8.38. The van der Waals surface area contributed by atoms with Crippen LogP contribution >= 0.6 is 11.3 Å². The smallest absolute Gasteiger partial charge is 0.225 e. The first-order valence-corrected chi connectivity index (χ1v) is 12.5. The van der Waals surface area contributed by atoms with Crippen LogP contribution in [-0.2, 0) is 11.2 Å². The van der Waals surface area contributed by atoms with E-state index in [1.165, 1.54) is 23.3 Å². The van der Waals surface area contributed by atoms with Crippen LogP contribution in [0.25, 0.3) is 10.2 Å². The molecule has 5 rings (SSSR count). The zero-order chi connectivity index (χ0) is 20.5. The Bertz CT molecular complexity index is 859. The molecule has 0 bridgehead atoms. The second-order valence-corrected chi connectivity index (χ2v) is 10.1. The van der Waals surface area contributed by atoms with Crippen LogP contribution in [0.3, 0.4) is 0 Å². The van der Waals surface area contributed by atoms with Crippen molar-refractivity contribution in [1.29, 1.82) is 0 Å². The van der Waals surface area contributed by atoms with E-state index in [4.69, 9.17) is 9.47 Å². The average Bonchev–Trinajstić information content (AvgIpc) is 3.35. The number of fused-ring (bicyclic) bond motifs is 3. The van der Waals surface area contributed by atoms with Gasteiger partial charge in [0.2, 0.25) is 5.88 Å². The Balaban J connectivity index is 1.31. The Labute approximate surface area is 182 Å². The highest BCUT2D eigenvalue weighted by Gasteiger charge is 2.33. The van der Waals surface area contributed by atoms with Gasteiger partial charge in [-0.05, 0) is 62.8 Å². The second-order valence-electron chi connectivity index (χ2n) is 9.03. The van der Waals surface area contributed by atoms with Crippen LogP contribution in [-0.4, -0.2) is 64.5 Å². The Morgan fingerprint density at radius 3 is 2.77 bits per heavy atom. The summed E-state index contributed by atoms with van der Waals surface area (Å²) in [5.74, 6) is 1.17. The van der Waals surface area contributed by atoms with Gasteiger partial charge in [-0.15, -0.1) is 11.3 Å². The maximum absolute atomic E-state index is 10.2. The number of aliphatic hydroxyl groups excluding tert-OH is 1. The van der Waals surface area contributed by atoms with Gasteiger partial charge in [-0.1, -0.05) is 6.92 Å².